The summed E-state index contributed by atoms with van der Waals surface area (Å²) >= 11 is 7.34. The van der Waals surface area contributed by atoms with Crippen LogP contribution in [0.5, 0.6) is 11.5 Å². The summed E-state index contributed by atoms with van der Waals surface area (Å²) < 4.78 is 12.2. The van der Waals surface area contributed by atoms with Crippen molar-refractivity contribution >= 4 is 40.0 Å². The first-order valence-electron chi connectivity index (χ1n) is 9.68. The van der Waals surface area contributed by atoms with Crippen LogP contribution >= 0.6 is 23.4 Å². The van der Waals surface area contributed by atoms with Crippen molar-refractivity contribution in [2.75, 3.05) is 20.0 Å². The maximum atomic E-state index is 13.4. The molecule has 3 aromatic carbocycles. The molecule has 0 atom stereocenters. The van der Waals surface area contributed by atoms with E-state index >= 15 is 0 Å². The summed E-state index contributed by atoms with van der Waals surface area (Å²) in [6.07, 6.45) is 0. The van der Waals surface area contributed by atoms with Crippen molar-refractivity contribution in [1.29, 1.82) is 0 Å². The van der Waals surface area contributed by atoms with E-state index in [1.54, 1.807) is 67.8 Å². The molecular weight excluding hydrogens is 448 g/mol. The van der Waals surface area contributed by atoms with E-state index in [9.17, 15) is 9.59 Å². The first-order chi connectivity index (χ1) is 15.5. The van der Waals surface area contributed by atoms with Crippen molar-refractivity contribution in [2.24, 2.45) is 0 Å². The molecule has 0 saturated carbocycles. The molecule has 0 fully saturated rings. The van der Waals surface area contributed by atoms with E-state index in [1.165, 1.54) is 23.4 Å². The lowest BCUT2D eigenvalue weighted by Crippen LogP contribution is -2.22. The van der Waals surface area contributed by atoms with E-state index < -0.39 is 0 Å². The molecular formula is C24H19ClN2O4S. The number of halogens is 1. The number of ketones is 1. The van der Waals surface area contributed by atoms with Crippen LogP contribution in [0.3, 0.4) is 0 Å². The average molecular weight is 467 g/mol. The second-order valence-electron chi connectivity index (χ2n) is 6.78. The molecule has 0 aliphatic rings. The van der Waals surface area contributed by atoms with Gasteiger partial charge in [0.05, 0.1) is 41.6 Å². The number of rotatable bonds is 7. The fraction of sp³-hybridized carbons (Fsp3) is 0.125. The molecule has 0 aliphatic carbocycles. The molecule has 0 saturated heterocycles. The largest absolute Gasteiger partial charge is 0.493 e. The Balaban J connectivity index is 1.80. The first-order valence-corrected chi connectivity index (χ1v) is 11.0. The van der Waals surface area contributed by atoms with Crippen LogP contribution in [-0.2, 0) is 0 Å². The van der Waals surface area contributed by atoms with Crippen molar-refractivity contribution in [3.05, 3.63) is 87.7 Å². The summed E-state index contributed by atoms with van der Waals surface area (Å²) in [7, 11) is 3.07. The summed E-state index contributed by atoms with van der Waals surface area (Å²) in [4.78, 5) is 30.8. The van der Waals surface area contributed by atoms with E-state index in [0.717, 1.165) is 0 Å². The topological polar surface area (TPSA) is 70.4 Å². The highest BCUT2D eigenvalue weighted by Gasteiger charge is 2.18. The molecule has 0 radical (unpaired) electrons. The SMILES string of the molecule is COc1ccc(-n2c(SCC(=O)c3ccccc3Cl)nc3ccccc3c2=O)cc1OC. The van der Waals surface area contributed by atoms with Crippen molar-refractivity contribution < 1.29 is 14.3 Å². The lowest BCUT2D eigenvalue weighted by atomic mass is 10.1. The third-order valence-electron chi connectivity index (χ3n) is 4.88. The maximum Gasteiger partial charge on any atom is 0.266 e. The van der Waals surface area contributed by atoms with Gasteiger partial charge in [-0.2, -0.15) is 0 Å². The Morgan fingerprint density at radius 3 is 2.47 bits per heavy atom. The molecule has 4 rings (SSSR count). The van der Waals surface area contributed by atoms with Gasteiger partial charge in [-0.25, -0.2) is 4.98 Å². The smallest absolute Gasteiger partial charge is 0.266 e. The minimum absolute atomic E-state index is 0.0712. The third kappa shape index (κ3) is 4.22. The Hall–Kier alpha value is -3.29. The number of benzene rings is 3. The van der Waals surface area contributed by atoms with E-state index in [2.05, 4.69) is 4.98 Å². The number of Topliss-reactive ketones (excluding diaryl/α,β-unsaturated/α-hetero) is 1. The molecule has 0 aliphatic heterocycles. The molecule has 0 amide bonds. The molecule has 1 aromatic heterocycles. The van der Waals surface area contributed by atoms with Gasteiger partial charge in [-0.3, -0.25) is 14.2 Å². The van der Waals surface area contributed by atoms with Gasteiger partial charge >= 0.3 is 0 Å². The Bertz CT molecular complexity index is 1370. The Kier molecular flexibility index (Phi) is 6.48. The number of thioether (sulfide) groups is 1. The first kappa shape index (κ1) is 21.9. The number of hydrogen-bond donors (Lipinski definition) is 0. The summed E-state index contributed by atoms with van der Waals surface area (Å²) in [5.41, 5.74) is 1.30. The van der Waals surface area contributed by atoms with Crippen LogP contribution in [0.15, 0.2) is 76.7 Å². The van der Waals surface area contributed by atoms with Crippen LogP contribution in [0.25, 0.3) is 16.6 Å². The number of hydrogen-bond acceptors (Lipinski definition) is 6. The zero-order chi connectivity index (χ0) is 22.7. The number of carbonyl (C=O) groups excluding carboxylic acids is 1. The fourth-order valence-electron chi connectivity index (χ4n) is 3.30. The van der Waals surface area contributed by atoms with E-state index in [4.69, 9.17) is 21.1 Å². The molecule has 0 N–H and O–H groups in total. The molecule has 162 valence electrons. The summed E-state index contributed by atoms with van der Waals surface area (Å²) in [6, 6.07) is 19.2. The van der Waals surface area contributed by atoms with E-state index in [-0.39, 0.29) is 17.1 Å². The lowest BCUT2D eigenvalue weighted by Gasteiger charge is -2.15. The van der Waals surface area contributed by atoms with Gasteiger partial charge < -0.3 is 9.47 Å². The van der Waals surface area contributed by atoms with Crippen LogP contribution in [0, 0.1) is 0 Å². The molecule has 1 heterocycles. The Morgan fingerprint density at radius 1 is 1.00 bits per heavy atom. The predicted octanol–water partition coefficient (Wildman–Crippen LogP) is 5.03. The van der Waals surface area contributed by atoms with Crippen LogP contribution in [0.1, 0.15) is 10.4 Å². The van der Waals surface area contributed by atoms with Crippen molar-refractivity contribution in [3.63, 3.8) is 0 Å². The lowest BCUT2D eigenvalue weighted by molar-refractivity contribution is 0.102. The number of nitrogens with zero attached hydrogens (tertiary/aromatic N) is 2. The standard InChI is InChI=1S/C24H19ClN2O4S/c1-30-21-12-11-15(13-22(21)31-2)27-23(29)17-8-4-6-10-19(17)26-24(27)32-14-20(28)16-7-3-5-9-18(16)25/h3-13H,14H2,1-2H3. The van der Waals surface area contributed by atoms with Gasteiger partial charge in [0.1, 0.15) is 0 Å². The Morgan fingerprint density at radius 2 is 1.72 bits per heavy atom. The molecule has 32 heavy (non-hydrogen) atoms. The van der Waals surface area contributed by atoms with Gasteiger partial charge in [-0.05, 0) is 36.4 Å². The minimum atomic E-state index is -0.240. The van der Waals surface area contributed by atoms with Gasteiger partial charge in [0.15, 0.2) is 22.4 Å². The van der Waals surface area contributed by atoms with Crippen molar-refractivity contribution in [2.45, 2.75) is 5.16 Å². The number of carbonyl (C=O) groups is 1. The number of aromatic nitrogens is 2. The molecule has 4 aromatic rings. The monoisotopic (exact) mass is 466 g/mol. The van der Waals surface area contributed by atoms with Crippen molar-refractivity contribution in [3.8, 4) is 17.2 Å². The predicted molar refractivity (Wildman–Crippen MR) is 127 cm³/mol. The highest BCUT2D eigenvalue weighted by molar-refractivity contribution is 7.99. The zero-order valence-electron chi connectivity index (χ0n) is 17.4. The van der Waals surface area contributed by atoms with Gasteiger partial charge in [0, 0.05) is 11.6 Å². The highest BCUT2D eigenvalue weighted by Crippen LogP contribution is 2.31. The number of para-hydroxylation sites is 1. The zero-order valence-corrected chi connectivity index (χ0v) is 18.9. The van der Waals surface area contributed by atoms with Gasteiger partial charge in [0.25, 0.3) is 5.56 Å². The van der Waals surface area contributed by atoms with Crippen LogP contribution in [0.2, 0.25) is 5.02 Å². The van der Waals surface area contributed by atoms with Crippen molar-refractivity contribution in [1.82, 2.24) is 9.55 Å². The molecule has 8 heteroatoms. The molecule has 0 bridgehead atoms. The number of methoxy groups -OCH3 is 2. The second-order valence-corrected chi connectivity index (χ2v) is 8.13. The maximum absolute atomic E-state index is 13.4. The van der Waals surface area contributed by atoms with Gasteiger partial charge in [0.2, 0.25) is 0 Å². The van der Waals surface area contributed by atoms with Crippen LogP contribution in [0.4, 0.5) is 0 Å². The number of ether oxygens (including phenoxy) is 2. The molecule has 0 unspecified atom stereocenters. The normalized spacial score (nSPS) is 10.8. The summed E-state index contributed by atoms with van der Waals surface area (Å²) in [5, 5.41) is 1.26. The third-order valence-corrected chi connectivity index (χ3v) is 6.15. The van der Waals surface area contributed by atoms with Crippen LogP contribution in [-0.4, -0.2) is 35.3 Å². The summed E-state index contributed by atoms with van der Waals surface area (Å²) in [6.45, 7) is 0. The summed E-state index contributed by atoms with van der Waals surface area (Å²) in [5.74, 6) is 0.943. The minimum Gasteiger partial charge on any atom is -0.493 e. The second kappa shape index (κ2) is 9.46. The van der Waals surface area contributed by atoms with Gasteiger partial charge in [-0.1, -0.05) is 47.6 Å². The average Bonchev–Trinajstić information content (AvgIpc) is 2.82. The van der Waals surface area contributed by atoms with E-state index in [0.29, 0.717) is 43.8 Å². The Labute approximate surface area is 193 Å². The molecule has 6 nitrogen and oxygen atoms in total. The fourth-order valence-corrected chi connectivity index (χ4v) is 4.43. The molecule has 0 spiro atoms. The quantitative estimate of drug-likeness (QED) is 0.216. The van der Waals surface area contributed by atoms with Crippen LogP contribution < -0.4 is 15.0 Å². The van der Waals surface area contributed by atoms with E-state index in [1.807, 2.05) is 6.07 Å². The number of fused-ring (bicyclic) bond motifs is 1. The van der Waals surface area contributed by atoms with Gasteiger partial charge in [-0.15, -0.1) is 0 Å². The highest BCUT2D eigenvalue weighted by atomic mass is 35.5.